The van der Waals surface area contributed by atoms with Gasteiger partial charge in [-0.2, -0.15) is 5.10 Å². The van der Waals surface area contributed by atoms with Crippen molar-refractivity contribution in [1.29, 1.82) is 0 Å². The van der Waals surface area contributed by atoms with Gasteiger partial charge in [0.25, 0.3) is 0 Å². The lowest BCUT2D eigenvalue weighted by Gasteiger charge is -2.09. The van der Waals surface area contributed by atoms with E-state index in [-0.39, 0.29) is 5.91 Å². The van der Waals surface area contributed by atoms with Crippen molar-refractivity contribution < 1.29 is 9.53 Å². The maximum absolute atomic E-state index is 11.5. The third-order valence-corrected chi connectivity index (χ3v) is 3.16. The molecule has 0 saturated carbocycles. The molecule has 0 radical (unpaired) electrons. The van der Waals surface area contributed by atoms with Gasteiger partial charge in [-0.3, -0.25) is 9.48 Å². The van der Waals surface area contributed by atoms with Gasteiger partial charge in [0.1, 0.15) is 6.54 Å². The zero-order chi connectivity index (χ0) is 12.6. The molecule has 1 atom stereocenters. The molecule has 18 heavy (non-hydrogen) atoms. The monoisotopic (exact) mass is 251 g/mol. The van der Waals surface area contributed by atoms with Crippen LogP contribution in [0.5, 0.6) is 0 Å². The summed E-state index contributed by atoms with van der Waals surface area (Å²) in [5.74, 6) is 0.0239. The first kappa shape index (κ1) is 13.1. The average Bonchev–Trinajstić information content (AvgIpc) is 3.01. The highest BCUT2D eigenvalue weighted by Crippen LogP contribution is 2.17. The molecule has 5 nitrogen and oxygen atoms in total. The molecular weight excluding hydrogens is 230 g/mol. The summed E-state index contributed by atoms with van der Waals surface area (Å²) < 4.78 is 7.18. The summed E-state index contributed by atoms with van der Waals surface area (Å²) in [6, 6.07) is 1.81. The maximum Gasteiger partial charge on any atom is 0.241 e. The summed E-state index contributed by atoms with van der Waals surface area (Å²) in [6.07, 6.45) is 9.58. The second kappa shape index (κ2) is 7.16. The van der Waals surface area contributed by atoms with Crippen LogP contribution >= 0.6 is 0 Å². The summed E-state index contributed by atoms with van der Waals surface area (Å²) in [4.78, 5) is 11.5. The number of hydrogen-bond acceptors (Lipinski definition) is 3. The normalized spacial score (nSPS) is 19.0. The van der Waals surface area contributed by atoms with Gasteiger partial charge in [-0.1, -0.05) is 0 Å². The van der Waals surface area contributed by atoms with Crippen LogP contribution in [0.25, 0.3) is 0 Å². The average molecular weight is 251 g/mol. The van der Waals surface area contributed by atoms with Crippen LogP contribution < -0.4 is 5.32 Å². The number of hydrogen-bond donors (Lipinski definition) is 1. The minimum absolute atomic E-state index is 0.0239. The molecule has 1 aromatic heterocycles. The fourth-order valence-electron chi connectivity index (χ4n) is 2.19. The van der Waals surface area contributed by atoms with Crippen molar-refractivity contribution in [1.82, 2.24) is 15.1 Å². The van der Waals surface area contributed by atoms with Crippen LogP contribution in [0.3, 0.4) is 0 Å². The second-order valence-electron chi connectivity index (χ2n) is 4.68. The Morgan fingerprint density at radius 1 is 1.50 bits per heavy atom. The number of nitrogens with zero attached hydrogens (tertiary/aromatic N) is 2. The number of ether oxygens (including phenoxy) is 1. The Hall–Kier alpha value is -1.36. The fraction of sp³-hybridized carbons (Fsp3) is 0.692. The molecule has 0 spiro atoms. The summed E-state index contributed by atoms with van der Waals surface area (Å²) in [5, 5.41) is 6.90. The maximum atomic E-state index is 11.5. The predicted octanol–water partition coefficient (Wildman–Crippen LogP) is 1.35. The van der Waals surface area contributed by atoms with Gasteiger partial charge >= 0.3 is 0 Å². The van der Waals surface area contributed by atoms with Crippen molar-refractivity contribution in [2.45, 2.75) is 44.8 Å². The van der Waals surface area contributed by atoms with Crippen LogP contribution in [0.1, 0.15) is 32.1 Å². The fourth-order valence-corrected chi connectivity index (χ4v) is 2.19. The van der Waals surface area contributed by atoms with E-state index in [0.29, 0.717) is 12.6 Å². The van der Waals surface area contributed by atoms with Crippen molar-refractivity contribution in [3.8, 4) is 0 Å². The first-order chi connectivity index (χ1) is 8.84. The number of amides is 1. The Morgan fingerprint density at radius 3 is 3.17 bits per heavy atom. The Morgan fingerprint density at radius 2 is 2.44 bits per heavy atom. The number of unbranched alkanes of at least 4 members (excludes halogenated alkanes) is 1. The van der Waals surface area contributed by atoms with E-state index < -0.39 is 0 Å². The highest BCUT2D eigenvalue weighted by Gasteiger charge is 2.14. The zero-order valence-corrected chi connectivity index (χ0v) is 10.7. The van der Waals surface area contributed by atoms with E-state index in [1.165, 1.54) is 12.8 Å². The number of carbonyl (C=O) groups is 1. The summed E-state index contributed by atoms with van der Waals surface area (Å²) >= 11 is 0. The molecule has 1 aliphatic heterocycles. The molecule has 2 rings (SSSR count). The number of carbonyl (C=O) groups excluding carboxylic acids is 1. The smallest absolute Gasteiger partial charge is 0.241 e. The summed E-state index contributed by atoms with van der Waals surface area (Å²) in [6.45, 7) is 1.97. The van der Waals surface area contributed by atoms with Crippen LogP contribution in [0.2, 0.25) is 0 Å². The van der Waals surface area contributed by atoms with Crippen molar-refractivity contribution in [2.75, 3.05) is 13.2 Å². The van der Waals surface area contributed by atoms with Crippen LogP contribution in [-0.2, 0) is 16.1 Å². The molecular formula is C13H21N3O2. The first-order valence-electron chi connectivity index (χ1n) is 6.70. The van der Waals surface area contributed by atoms with Gasteiger partial charge in [-0.15, -0.1) is 0 Å². The molecule has 100 valence electrons. The minimum Gasteiger partial charge on any atom is -0.378 e. The molecule has 1 aromatic rings. The quantitative estimate of drug-likeness (QED) is 0.744. The topological polar surface area (TPSA) is 56.2 Å². The molecule has 1 N–H and O–H groups in total. The van der Waals surface area contributed by atoms with Crippen molar-refractivity contribution in [3.05, 3.63) is 18.5 Å². The molecule has 1 fully saturated rings. The third kappa shape index (κ3) is 4.49. The molecule has 2 heterocycles. The van der Waals surface area contributed by atoms with Crippen molar-refractivity contribution in [3.63, 3.8) is 0 Å². The van der Waals surface area contributed by atoms with E-state index in [1.54, 1.807) is 17.1 Å². The van der Waals surface area contributed by atoms with Crippen LogP contribution in [0.4, 0.5) is 0 Å². The Balaban J connectivity index is 1.48. The molecule has 1 saturated heterocycles. The zero-order valence-electron chi connectivity index (χ0n) is 10.7. The predicted molar refractivity (Wildman–Crippen MR) is 68.1 cm³/mol. The first-order valence-corrected chi connectivity index (χ1v) is 6.70. The van der Waals surface area contributed by atoms with Crippen LogP contribution in [0.15, 0.2) is 18.5 Å². The molecule has 5 heteroatoms. The lowest BCUT2D eigenvalue weighted by molar-refractivity contribution is -0.121. The third-order valence-electron chi connectivity index (χ3n) is 3.16. The van der Waals surface area contributed by atoms with Gasteiger partial charge < -0.3 is 10.1 Å². The van der Waals surface area contributed by atoms with E-state index in [1.807, 2.05) is 6.07 Å². The molecule has 0 aromatic carbocycles. The Bertz CT molecular complexity index is 345. The highest BCUT2D eigenvalue weighted by atomic mass is 16.5. The summed E-state index contributed by atoms with van der Waals surface area (Å²) in [5.41, 5.74) is 0. The highest BCUT2D eigenvalue weighted by molar-refractivity contribution is 5.75. The largest absolute Gasteiger partial charge is 0.378 e. The number of nitrogens with one attached hydrogen (secondary N) is 1. The van der Waals surface area contributed by atoms with Crippen molar-refractivity contribution >= 4 is 5.91 Å². The standard InChI is InChI=1S/C13H21N3O2/c17-13(11-16-9-4-8-15-16)14-7-2-1-5-12-6-3-10-18-12/h4,8-9,12H,1-3,5-7,10-11H2,(H,14,17). The van der Waals surface area contributed by atoms with E-state index >= 15 is 0 Å². The van der Waals surface area contributed by atoms with E-state index in [0.717, 1.165) is 32.4 Å². The second-order valence-corrected chi connectivity index (χ2v) is 4.68. The molecule has 0 bridgehead atoms. The minimum atomic E-state index is 0.0239. The van der Waals surface area contributed by atoms with E-state index in [2.05, 4.69) is 10.4 Å². The Labute approximate surface area is 108 Å². The lowest BCUT2D eigenvalue weighted by Crippen LogP contribution is -2.28. The Kier molecular flexibility index (Phi) is 5.20. The van der Waals surface area contributed by atoms with Gasteiger partial charge in [0.05, 0.1) is 6.10 Å². The van der Waals surface area contributed by atoms with Crippen LogP contribution in [0, 0.1) is 0 Å². The van der Waals surface area contributed by atoms with Crippen LogP contribution in [-0.4, -0.2) is 34.9 Å². The van der Waals surface area contributed by atoms with Gasteiger partial charge in [-0.05, 0) is 38.2 Å². The van der Waals surface area contributed by atoms with E-state index in [4.69, 9.17) is 4.74 Å². The van der Waals surface area contributed by atoms with Gasteiger partial charge in [0.15, 0.2) is 0 Å². The van der Waals surface area contributed by atoms with Crippen molar-refractivity contribution in [2.24, 2.45) is 0 Å². The molecule has 0 aliphatic carbocycles. The van der Waals surface area contributed by atoms with Gasteiger partial charge in [0.2, 0.25) is 5.91 Å². The molecule has 1 unspecified atom stereocenters. The van der Waals surface area contributed by atoms with E-state index in [9.17, 15) is 4.79 Å². The summed E-state index contributed by atoms with van der Waals surface area (Å²) in [7, 11) is 0. The SMILES string of the molecule is O=C(Cn1cccn1)NCCCCC1CCCO1. The molecule has 1 amide bonds. The van der Waals surface area contributed by atoms with Gasteiger partial charge in [-0.25, -0.2) is 0 Å². The molecule has 1 aliphatic rings. The number of rotatable bonds is 7. The number of aromatic nitrogens is 2. The lowest BCUT2D eigenvalue weighted by atomic mass is 10.1. The van der Waals surface area contributed by atoms with Gasteiger partial charge in [0, 0.05) is 25.5 Å².